The summed E-state index contributed by atoms with van der Waals surface area (Å²) in [6.45, 7) is -0.0740. The molecule has 162 valence electrons. The van der Waals surface area contributed by atoms with Crippen LogP contribution in [0.4, 0.5) is 11.4 Å². The molecule has 2 N–H and O–H groups in total. The first-order valence-corrected chi connectivity index (χ1v) is 11.7. The normalized spacial score (nSPS) is 17.4. The van der Waals surface area contributed by atoms with Crippen molar-refractivity contribution in [1.82, 2.24) is 0 Å². The number of anilines is 2. The zero-order valence-corrected chi connectivity index (χ0v) is 17.7. The van der Waals surface area contributed by atoms with Crippen molar-refractivity contribution in [2.24, 2.45) is 0 Å². The monoisotopic (exact) mass is 450 g/mol. The summed E-state index contributed by atoms with van der Waals surface area (Å²) in [6, 6.07) is 15.5. The molecule has 3 aromatic carbocycles. The van der Waals surface area contributed by atoms with Gasteiger partial charge in [-0.15, -0.1) is 0 Å². The van der Waals surface area contributed by atoms with E-state index in [0.29, 0.717) is 28.3 Å². The summed E-state index contributed by atoms with van der Waals surface area (Å²) in [4.78, 5) is 26.7. The molecule has 2 heterocycles. The molecule has 0 bridgehead atoms. The van der Waals surface area contributed by atoms with Crippen LogP contribution < -0.4 is 15.0 Å². The highest BCUT2D eigenvalue weighted by atomic mass is 32.2. The molecule has 2 amide bonds. The maximum atomic E-state index is 13.4. The van der Waals surface area contributed by atoms with Gasteiger partial charge in [-0.1, -0.05) is 24.3 Å². The largest absolute Gasteiger partial charge is 0.507 e. The Bertz CT molecular complexity index is 1400. The zero-order chi connectivity index (χ0) is 22.6. The maximum absolute atomic E-state index is 13.4. The molecule has 2 aliphatic heterocycles. The van der Waals surface area contributed by atoms with Crippen LogP contribution in [0.3, 0.4) is 0 Å². The van der Waals surface area contributed by atoms with Crippen molar-refractivity contribution in [3.63, 3.8) is 0 Å². The van der Waals surface area contributed by atoms with Crippen LogP contribution in [0.1, 0.15) is 27.5 Å². The van der Waals surface area contributed by atoms with Gasteiger partial charge in [-0.05, 0) is 47.5 Å². The number of aromatic hydroxyl groups is 1. The lowest BCUT2D eigenvalue weighted by molar-refractivity contribution is -0.118. The Balaban J connectivity index is 1.70. The fourth-order valence-corrected chi connectivity index (χ4v) is 4.79. The van der Waals surface area contributed by atoms with Gasteiger partial charge < -0.3 is 15.2 Å². The summed E-state index contributed by atoms with van der Waals surface area (Å²) in [7, 11) is -3.50. The van der Waals surface area contributed by atoms with E-state index < -0.39 is 21.8 Å². The van der Waals surface area contributed by atoms with E-state index in [1.807, 2.05) is 0 Å². The average Bonchev–Trinajstić information content (AvgIpc) is 3.06. The minimum atomic E-state index is -3.50. The van der Waals surface area contributed by atoms with Crippen LogP contribution in [0.2, 0.25) is 0 Å². The van der Waals surface area contributed by atoms with Gasteiger partial charge in [0.1, 0.15) is 11.5 Å². The third-order valence-electron chi connectivity index (χ3n) is 5.54. The highest BCUT2D eigenvalue weighted by Crippen LogP contribution is 2.46. The van der Waals surface area contributed by atoms with Gasteiger partial charge in [-0.2, -0.15) is 0 Å². The fraction of sp³-hybridized carbons (Fsp3) is 0.130. The van der Waals surface area contributed by atoms with E-state index in [-0.39, 0.29) is 28.7 Å². The molecule has 0 spiro atoms. The quantitative estimate of drug-likeness (QED) is 0.635. The SMILES string of the molecule is CS(=O)(=O)c1cccc(N2C(=O)c3c(O)cccc3C2c2ccc3c(c2)NC(=O)CO3)c1. The van der Waals surface area contributed by atoms with E-state index in [9.17, 15) is 23.1 Å². The smallest absolute Gasteiger partial charge is 0.263 e. The van der Waals surface area contributed by atoms with Crippen LogP contribution in [0.5, 0.6) is 11.5 Å². The second-order valence-corrected chi connectivity index (χ2v) is 9.70. The van der Waals surface area contributed by atoms with Crippen LogP contribution in [-0.2, 0) is 14.6 Å². The Morgan fingerprint density at radius 1 is 1.06 bits per heavy atom. The minimum absolute atomic E-state index is 0.0740. The van der Waals surface area contributed by atoms with Crippen LogP contribution in [-0.4, -0.2) is 38.2 Å². The van der Waals surface area contributed by atoms with Crippen molar-refractivity contribution < 1.29 is 27.9 Å². The zero-order valence-electron chi connectivity index (χ0n) is 16.9. The Morgan fingerprint density at radius 2 is 1.84 bits per heavy atom. The number of fused-ring (bicyclic) bond motifs is 2. The topological polar surface area (TPSA) is 113 Å². The number of carbonyl (C=O) groups excluding carboxylic acids is 2. The lowest BCUT2D eigenvalue weighted by atomic mass is 9.96. The lowest BCUT2D eigenvalue weighted by Gasteiger charge is -2.27. The molecule has 8 nitrogen and oxygen atoms in total. The third kappa shape index (κ3) is 3.18. The molecular formula is C23H18N2O6S. The summed E-state index contributed by atoms with van der Waals surface area (Å²) in [5.41, 5.74) is 2.24. The van der Waals surface area contributed by atoms with E-state index in [0.717, 1.165) is 6.26 Å². The molecular weight excluding hydrogens is 432 g/mol. The Morgan fingerprint density at radius 3 is 2.62 bits per heavy atom. The summed E-state index contributed by atoms with van der Waals surface area (Å²) < 4.78 is 29.6. The number of hydrogen-bond donors (Lipinski definition) is 2. The molecule has 32 heavy (non-hydrogen) atoms. The first-order chi connectivity index (χ1) is 15.2. The van der Waals surface area contributed by atoms with Crippen LogP contribution >= 0.6 is 0 Å². The molecule has 0 radical (unpaired) electrons. The van der Waals surface area contributed by atoms with Gasteiger partial charge in [-0.3, -0.25) is 14.5 Å². The van der Waals surface area contributed by atoms with Crippen LogP contribution in [0.25, 0.3) is 0 Å². The molecule has 1 atom stereocenters. The van der Waals surface area contributed by atoms with Gasteiger partial charge in [0.15, 0.2) is 16.4 Å². The van der Waals surface area contributed by atoms with Crippen molar-refractivity contribution in [2.45, 2.75) is 10.9 Å². The number of phenolic OH excluding ortho intramolecular Hbond substituents is 1. The molecule has 0 saturated carbocycles. The summed E-state index contributed by atoms with van der Waals surface area (Å²) >= 11 is 0. The van der Waals surface area contributed by atoms with E-state index in [4.69, 9.17) is 4.74 Å². The molecule has 0 aliphatic carbocycles. The number of hydrogen-bond acceptors (Lipinski definition) is 6. The maximum Gasteiger partial charge on any atom is 0.263 e. The van der Waals surface area contributed by atoms with Crippen LogP contribution in [0, 0.1) is 0 Å². The Labute approximate surface area is 184 Å². The first-order valence-electron chi connectivity index (χ1n) is 9.76. The summed E-state index contributed by atoms with van der Waals surface area (Å²) in [6.07, 6.45) is 1.10. The number of nitrogens with zero attached hydrogens (tertiary/aromatic N) is 1. The number of phenols is 1. The number of benzene rings is 3. The van der Waals surface area contributed by atoms with Gasteiger partial charge in [0.25, 0.3) is 11.8 Å². The number of amides is 2. The molecule has 0 fully saturated rings. The van der Waals surface area contributed by atoms with Crippen molar-refractivity contribution in [3.05, 3.63) is 77.4 Å². The Hall–Kier alpha value is -3.85. The molecule has 9 heteroatoms. The van der Waals surface area contributed by atoms with Gasteiger partial charge in [0, 0.05) is 11.9 Å². The molecule has 1 unspecified atom stereocenters. The van der Waals surface area contributed by atoms with E-state index >= 15 is 0 Å². The number of sulfone groups is 1. The minimum Gasteiger partial charge on any atom is -0.507 e. The highest BCUT2D eigenvalue weighted by molar-refractivity contribution is 7.90. The average molecular weight is 450 g/mol. The van der Waals surface area contributed by atoms with Gasteiger partial charge >= 0.3 is 0 Å². The van der Waals surface area contributed by atoms with Gasteiger partial charge in [0.2, 0.25) is 0 Å². The number of rotatable bonds is 3. The molecule has 0 saturated heterocycles. The Kier molecular flexibility index (Phi) is 4.45. The predicted octanol–water partition coefficient (Wildman–Crippen LogP) is 2.88. The van der Waals surface area contributed by atoms with Crippen molar-refractivity contribution in [1.29, 1.82) is 0 Å². The van der Waals surface area contributed by atoms with Crippen molar-refractivity contribution in [2.75, 3.05) is 23.1 Å². The van der Waals surface area contributed by atoms with Crippen molar-refractivity contribution in [3.8, 4) is 11.5 Å². The number of carbonyl (C=O) groups is 2. The molecule has 3 aromatic rings. The number of ether oxygens (including phenoxy) is 1. The second kappa shape index (κ2) is 7.10. The highest BCUT2D eigenvalue weighted by Gasteiger charge is 2.41. The van der Waals surface area contributed by atoms with E-state index in [1.54, 1.807) is 42.5 Å². The first kappa shape index (κ1) is 20.1. The molecule has 5 rings (SSSR count). The molecule has 2 aliphatic rings. The second-order valence-electron chi connectivity index (χ2n) is 7.68. The van der Waals surface area contributed by atoms with Crippen LogP contribution in [0.15, 0.2) is 65.6 Å². The summed E-state index contributed by atoms with van der Waals surface area (Å²) in [5.74, 6) is -0.382. The third-order valence-corrected chi connectivity index (χ3v) is 6.65. The lowest BCUT2D eigenvalue weighted by Crippen LogP contribution is -2.29. The van der Waals surface area contributed by atoms with Gasteiger partial charge in [0.05, 0.1) is 22.2 Å². The summed E-state index contributed by atoms with van der Waals surface area (Å²) in [5, 5.41) is 13.2. The van der Waals surface area contributed by atoms with E-state index in [2.05, 4.69) is 5.32 Å². The van der Waals surface area contributed by atoms with E-state index in [1.165, 1.54) is 23.1 Å². The standard InChI is InChI=1S/C23H18N2O6S/c1-32(29,30)15-5-2-4-14(11-15)25-22(16-6-3-7-18(26)21(16)23(25)28)13-8-9-19-17(10-13)24-20(27)12-31-19/h2-11,22,26H,12H2,1H3,(H,24,27). The predicted molar refractivity (Wildman–Crippen MR) is 117 cm³/mol. The number of nitrogens with one attached hydrogen (secondary N) is 1. The molecule has 0 aromatic heterocycles. The fourth-order valence-electron chi connectivity index (χ4n) is 4.12. The van der Waals surface area contributed by atoms with Crippen molar-refractivity contribution >= 4 is 33.0 Å². The van der Waals surface area contributed by atoms with Gasteiger partial charge in [-0.25, -0.2) is 8.42 Å².